The van der Waals surface area contributed by atoms with Crippen molar-refractivity contribution in [3.63, 3.8) is 0 Å². The molecule has 27 heavy (non-hydrogen) atoms. The molecule has 0 bridgehead atoms. The summed E-state index contributed by atoms with van der Waals surface area (Å²) in [6.07, 6.45) is 1.10. The molecule has 0 radical (unpaired) electrons. The summed E-state index contributed by atoms with van der Waals surface area (Å²) in [5.41, 5.74) is 4.59. The van der Waals surface area contributed by atoms with Crippen molar-refractivity contribution >= 4 is 37.9 Å². The molecule has 0 fully saturated rings. The van der Waals surface area contributed by atoms with Crippen LogP contribution in [0.15, 0.2) is 20.6 Å². The van der Waals surface area contributed by atoms with E-state index in [4.69, 9.17) is 9.24 Å². The first-order valence-electron chi connectivity index (χ1n) is 9.85. The first-order valence-corrected chi connectivity index (χ1v) is 18.6. The molecule has 1 unspecified atom stereocenters. The van der Waals surface area contributed by atoms with Gasteiger partial charge in [0.25, 0.3) is 0 Å². The molecule has 2 nitrogen and oxygen atoms in total. The molecule has 0 spiro atoms. The molecule has 0 saturated carbocycles. The van der Waals surface area contributed by atoms with Gasteiger partial charge in [0.05, 0.1) is 0 Å². The van der Waals surface area contributed by atoms with Crippen molar-refractivity contribution in [2.45, 2.75) is 90.0 Å². The van der Waals surface area contributed by atoms with E-state index < -0.39 is 23.4 Å². The number of hydrogen-bond acceptors (Lipinski definition) is 2. The Hall–Kier alpha value is 0.781. The quantitative estimate of drug-likeness (QED) is 0.311. The van der Waals surface area contributed by atoms with Crippen LogP contribution in [0.5, 0.6) is 0 Å². The summed E-state index contributed by atoms with van der Waals surface area (Å²) in [6.45, 7) is 23.8. The van der Waals surface area contributed by atoms with E-state index in [1.54, 1.807) is 3.88 Å². The van der Waals surface area contributed by atoms with Crippen LogP contribution in [-0.2, 0) is 19.5 Å². The van der Waals surface area contributed by atoms with Gasteiger partial charge in [-0.3, -0.25) is 0 Å². The summed E-state index contributed by atoms with van der Waals surface area (Å²) in [5.74, 6) is 0.521. The average molecular weight is 474 g/mol. The van der Waals surface area contributed by atoms with Crippen LogP contribution >= 0.6 is 24.8 Å². The van der Waals surface area contributed by atoms with Gasteiger partial charge >= 0.3 is 160 Å². The minimum atomic E-state index is -3.31. The van der Waals surface area contributed by atoms with Crippen molar-refractivity contribution in [2.24, 2.45) is 5.92 Å². The summed E-state index contributed by atoms with van der Waals surface area (Å²) in [4.78, 5) is 5.02. The molecule has 1 atom stereocenters. The molecule has 0 aromatic rings. The van der Waals surface area contributed by atoms with Crippen molar-refractivity contribution in [1.29, 1.82) is 0 Å². The van der Waals surface area contributed by atoms with Gasteiger partial charge in [-0.25, -0.2) is 0 Å². The van der Waals surface area contributed by atoms with Crippen LogP contribution in [-0.4, -0.2) is 25.3 Å². The number of halogens is 2. The monoisotopic (exact) mass is 473 g/mol. The van der Waals surface area contributed by atoms with Gasteiger partial charge in [0.2, 0.25) is 0 Å². The first kappa shape index (κ1) is 30.0. The predicted molar refractivity (Wildman–Crippen MR) is 129 cm³/mol. The van der Waals surface area contributed by atoms with Crippen LogP contribution in [0.4, 0.5) is 0 Å². The summed E-state index contributed by atoms with van der Waals surface area (Å²) in [6, 6.07) is 0. The van der Waals surface area contributed by atoms with E-state index >= 15 is 0 Å². The van der Waals surface area contributed by atoms with Crippen molar-refractivity contribution < 1.29 is 19.5 Å². The van der Waals surface area contributed by atoms with E-state index in [1.165, 1.54) is 16.7 Å². The SMILES string of the molecule is Cl.Cl.[CH2]=[Ti]([CH3])([CH2]CCO[Si](C)(C)C)([NH]C(C)(C)C)[C]1=C(C)C(C)=C(C)C1C. The van der Waals surface area contributed by atoms with Gasteiger partial charge in [0, 0.05) is 0 Å². The Bertz CT molecular complexity index is 656. The molecule has 0 saturated heterocycles. The van der Waals surface area contributed by atoms with Gasteiger partial charge in [-0.2, -0.15) is 0 Å². The molecule has 0 aromatic carbocycles. The maximum atomic E-state index is 6.15. The Morgan fingerprint density at radius 1 is 1.07 bits per heavy atom. The fourth-order valence-corrected chi connectivity index (χ4v) is 15.9. The second kappa shape index (κ2) is 9.73. The predicted octanol–water partition coefficient (Wildman–Crippen LogP) is 7.22. The van der Waals surface area contributed by atoms with E-state index in [2.05, 4.69) is 77.1 Å². The van der Waals surface area contributed by atoms with Gasteiger partial charge in [-0.15, -0.1) is 24.8 Å². The third-order valence-corrected chi connectivity index (χ3v) is 15.5. The summed E-state index contributed by atoms with van der Waals surface area (Å²) in [5, 5.41) is 2.50. The van der Waals surface area contributed by atoms with Crippen LogP contribution in [0, 0.1) is 5.92 Å². The number of rotatable bonds is 7. The van der Waals surface area contributed by atoms with Gasteiger partial charge in [-0.05, 0) is 0 Å². The topological polar surface area (TPSA) is 21.3 Å². The van der Waals surface area contributed by atoms with Gasteiger partial charge in [0.1, 0.15) is 0 Å². The second-order valence-corrected chi connectivity index (χ2v) is 24.5. The van der Waals surface area contributed by atoms with Crippen molar-refractivity contribution in [3.05, 3.63) is 20.6 Å². The van der Waals surface area contributed by atoms with E-state index in [0.29, 0.717) is 5.92 Å². The molecule has 1 aliphatic rings. The van der Waals surface area contributed by atoms with Crippen LogP contribution in [0.3, 0.4) is 0 Å². The molecular weight excluding hydrogens is 429 g/mol. The van der Waals surface area contributed by atoms with Crippen molar-refractivity contribution in [2.75, 3.05) is 6.61 Å². The van der Waals surface area contributed by atoms with Crippen LogP contribution in [0.25, 0.3) is 0 Å². The molecule has 1 N–H and O–H groups in total. The zero-order valence-electron chi connectivity index (χ0n) is 19.6. The molecule has 6 heteroatoms. The molecule has 0 amide bonds. The summed E-state index contributed by atoms with van der Waals surface area (Å²) < 4.78 is 13.1. The molecule has 0 heterocycles. The summed E-state index contributed by atoms with van der Waals surface area (Å²) in [7, 11) is -1.44. The maximum absolute atomic E-state index is 6.15. The summed E-state index contributed by atoms with van der Waals surface area (Å²) >= 11 is -3.31. The molecule has 1 rings (SSSR count). The van der Waals surface area contributed by atoms with Crippen LogP contribution in [0.2, 0.25) is 29.6 Å². The molecule has 0 aliphatic heterocycles. The zero-order chi connectivity index (χ0) is 19.9. The first-order chi connectivity index (χ1) is 11.0. The van der Waals surface area contributed by atoms with Crippen molar-refractivity contribution in [3.8, 4) is 0 Å². The van der Waals surface area contributed by atoms with E-state index in [0.717, 1.165) is 17.8 Å². The zero-order valence-corrected chi connectivity index (χ0v) is 23.8. The van der Waals surface area contributed by atoms with Crippen molar-refractivity contribution in [1.82, 2.24) is 3.80 Å². The van der Waals surface area contributed by atoms with Gasteiger partial charge < -0.3 is 0 Å². The molecule has 162 valence electrons. The number of allylic oxidation sites excluding steroid dienone is 4. The van der Waals surface area contributed by atoms with Crippen LogP contribution < -0.4 is 3.80 Å². The van der Waals surface area contributed by atoms with Crippen LogP contribution in [0.1, 0.15) is 54.9 Å². The second-order valence-electron chi connectivity index (χ2n) is 10.8. The minimum absolute atomic E-state index is 0. The fraction of sp³-hybridized carbons (Fsp3) is 0.762. The third kappa shape index (κ3) is 7.85. The van der Waals surface area contributed by atoms with E-state index in [1.807, 2.05) is 0 Å². The standard InChI is InChI=1S/C9H13.C6H15OSi.C4H10N.CH3.CH2.2ClH.Ti/c1-6-5-7(2)9(4)8(6)3;1-5-6-7-8(2,3)4;1-4(2,3)5;;;;;/h6H,1-4H3;1,5-6H2,2-4H3;5H,1-3H3;1H3;1H2;2*1H;/q;;-1;;;;;+1. The van der Waals surface area contributed by atoms with Gasteiger partial charge in [0.15, 0.2) is 0 Å². The Morgan fingerprint density at radius 2 is 1.56 bits per heavy atom. The Balaban J connectivity index is 0. The molecule has 1 aliphatic carbocycles. The Morgan fingerprint density at radius 3 is 1.89 bits per heavy atom. The number of nitrogens with one attached hydrogen (secondary N) is 1. The Labute approximate surface area is 183 Å². The average Bonchev–Trinajstić information content (AvgIpc) is 2.56. The normalized spacial score (nSPS) is 19.2. The fourth-order valence-electron chi connectivity index (χ4n) is 4.83. The molecular formula is C21H45Cl2NOSiTi. The Kier molecular flexibility index (Phi) is 10.8. The third-order valence-electron chi connectivity index (χ3n) is 5.70. The number of hydrogen-bond donors (Lipinski definition) is 1. The van der Waals surface area contributed by atoms with Gasteiger partial charge in [-0.1, -0.05) is 0 Å². The van der Waals surface area contributed by atoms with E-state index in [9.17, 15) is 0 Å². The molecule has 0 aromatic heterocycles. The van der Waals surface area contributed by atoms with E-state index in [-0.39, 0.29) is 30.4 Å².